The van der Waals surface area contributed by atoms with Crippen molar-refractivity contribution in [3.05, 3.63) is 46.2 Å². The van der Waals surface area contributed by atoms with Crippen LogP contribution >= 0.6 is 11.5 Å². The molecule has 0 aliphatic heterocycles. The van der Waals surface area contributed by atoms with E-state index in [0.717, 1.165) is 17.1 Å². The number of nitrogen functional groups attached to an aromatic ring is 1. The standard InChI is InChI=1S/C15H17FN4O2S/c1-8(2)19-14(21)12-11(17)13(23-20-12)15(22)18-7-9-3-5-10(16)6-4-9/h3-6,8H,7,17H2,1-2H3,(H,18,22)(H,19,21). The highest BCUT2D eigenvalue weighted by Crippen LogP contribution is 2.21. The van der Waals surface area contributed by atoms with Gasteiger partial charge in [0, 0.05) is 12.6 Å². The number of nitrogens with zero attached hydrogens (tertiary/aromatic N) is 1. The number of carbonyl (C=O) groups is 2. The average molecular weight is 336 g/mol. The Kier molecular flexibility index (Phi) is 5.28. The van der Waals surface area contributed by atoms with E-state index < -0.39 is 11.8 Å². The number of amides is 2. The molecule has 0 saturated heterocycles. The van der Waals surface area contributed by atoms with Crippen LogP contribution in [0.25, 0.3) is 0 Å². The SMILES string of the molecule is CC(C)NC(=O)c1nsc(C(=O)NCc2ccc(F)cc2)c1N. The van der Waals surface area contributed by atoms with Gasteiger partial charge in [-0.2, -0.15) is 4.37 Å². The van der Waals surface area contributed by atoms with E-state index in [9.17, 15) is 14.0 Å². The van der Waals surface area contributed by atoms with E-state index in [0.29, 0.717) is 0 Å². The molecule has 1 aromatic heterocycles. The predicted molar refractivity (Wildman–Crippen MR) is 86.7 cm³/mol. The zero-order chi connectivity index (χ0) is 17.0. The van der Waals surface area contributed by atoms with Crippen molar-refractivity contribution in [1.82, 2.24) is 15.0 Å². The normalized spacial score (nSPS) is 10.6. The molecule has 0 radical (unpaired) electrons. The molecule has 4 N–H and O–H groups in total. The number of benzene rings is 1. The molecule has 2 aromatic rings. The highest BCUT2D eigenvalue weighted by Gasteiger charge is 2.22. The minimum Gasteiger partial charge on any atom is -0.395 e. The lowest BCUT2D eigenvalue weighted by Gasteiger charge is -2.07. The summed E-state index contributed by atoms with van der Waals surface area (Å²) in [6, 6.07) is 5.73. The summed E-state index contributed by atoms with van der Waals surface area (Å²) in [5.41, 5.74) is 6.71. The van der Waals surface area contributed by atoms with Gasteiger partial charge in [-0.25, -0.2) is 4.39 Å². The van der Waals surface area contributed by atoms with Crippen LogP contribution < -0.4 is 16.4 Å². The highest BCUT2D eigenvalue weighted by molar-refractivity contribution is 7.09. The van der Waals surface area contributed by atoms with Crippen molar-refractivity contribution < 1.29 is 14.0 Å². The number of rotatable bonds is 5. The smallest absolute Gasteiger partial charge is 0.273 e. The van der Waals surface area contributed by atoms with Crippen LogP contribution in [-0.4, -0.2) is 22.2 Å². The number of hydrogen-bond donors (Lipinski definition) is 3. The number of nitrogens with one attached hydrogen (secondary N) is 2. The van der Waals surface area contributed by atoms with Gasteiger partial charge in [-0.15, -0.1) is 0 Å². The molecule has 0 unspecified atom stereocenters. The first-order valence-electron chi connectivity index (χ1n) is 6.97. The average Bonchev–Trinajstić information content (AvgIpc) is 2.87. The summed E-state index contributed by atoms with van der Waals surface area (Å²) in [7, 11) is 0. The summed E-state index contributed by atoms with van der Waals surface area (Å²) < 4.78 is 16.8. The number of nitrogens with two attached hydrogens (primary N) is 1. The minimum absolute atomic E-state index is 0.0515. The zero-order valence-corrected chi connectivity index (χ0v) is 13.5. The lowest BCUT2D eigenvalue weighted by atomic mass is 10.2. The number of halogens is 1. The van der Waals surface area contributed by atoms with E-state index >= 15 is 0 Å². The quantitative estimate of drug-likeness (QED) is 0.777. The predicted octanol–water partition coefficient (Wildman–Crippen LogP) is 1.93. The maximum absolute atomic E-state index is 12.8. The molecule has 8 heteroatoms. The van der Waals surface area contributed by atoms with Gasteiger partial charge in [0.2, 0.25) is 0 Å². The molecule has 0 fully saturated rings. The van der Waals surface area contributed by atoms with Crippen LogP contribution in [-0.2, 0) is 6.54 Å². The second-order valence-electron chi connectivity index (χ2n) is 5.21. The Morgan fingerprint density at radius 1 is 1.26 bits per heavy atom. The lowest BCUT2D eigenvalue weighted by molar-refractivity contribution is 0.0939. The topological polar surface area (TPSA) is 97.1 Å². The van der Waals surface area contributed by atoms with Gasteiger partial charge in [-0.05, 0) is 43.1 Å². The third-order valence-corrected chi connectivity index (χ3v) is 3.80. The Labute approximate surface area is 137 Å². The molecular formula is C15H17FN4O2S. The van der Waals surface area contributed by atoms with Gasteiger partial charge in [-0.1, -0.05) is 12.1 Å². The van der Waals surface area contributed by atoms with E-state index in [2.05, 4.69) is 15.0 Å². The van der Waals surface area contributed by atoms with Gasteiger partial charge in [0.25, 0.3) is 11.8 Å². The molecule has 0 aliphatic carbocycles. The van der Waals surface area contributed by atoms with Crippen molar-refractivity contribution in [2.75, 3.05) is 5.73 Å². The first-order valence-corrected chi connectivity index (χ1v) is 7.74. The largest absolute Gasteiger partial charge is 0.395 e. The van der Waals surface area contributed by atoms with Crippen LogP contribution in [0.4, 0.5) is 10.1 Å². The molecule has 0 aliphatic rings. The van der Waals surface area contributed by atoms with Crippen molar-refractivity contribution in [3.8, 4) is 0 Å². The fourth-order valence-electron chi connectivity index (χ4n) is 1.82. The molecule has 0 atom stereocenters. The van der Waals surface area contributed by atoms with Gasteiger partial charge < -0.3 is 16.4 Å². The summed E-state index contributed by atoms with van der Waals surface area (Å²) in [6.45, 7) is 3.86. The summed E-state index contributed by atoms with van der Waals surface area (Å²) in [4.78, 5) is 24.2. The van der Waals surface area contributed by atoms with Crippen LogP contribution in [0.2, 0.25) is 0 Å². The second kappa shape index (κ2) is 7.19. The van der Waals surface area contributed by atoms with Gasteiger partial charge in [0.1, 0.15) is 10.7 Å². The number of hydrogen-bond acceptors (Lipinski definition) is 5. The van der Waals surface area contributed by atoms with Gasteiger partial charge >= 0.3 is 0 Å². The van der Waals surface area contributed by atoms with E-state index in [1.807, 2.05) is 13.8 Å². The van der Waals surface area contributed by atoms with Crippen molar-refractivity contribution in [2.45, 2.75) is 26.4 Å². The third-order valence-electron chi connectivity index (χ3n) is 2.94. The highest BCUT2D eigenvalue weighted by atomic mass is 32.1. The number of anilines is 1. The lowest BCUT2D eigenvalue weighted by Crippen LogP contribution is -2.31. The van der Waals surface area contributed by atoms with E-state index in [1.54, 1.807) is 12.1 Å². The molecule has 0 saturated carbocycles. The van der Waals surface area contributed by atoms with Gasteiger partial charge in [-0.3, -0.25) is 9.59 Å². The van der Waals surface area contributed by atoms with E-state index in [4.69, 9.17) is 5.73 Å². The number of aromatic nitrogens is 1. The summed E-state index contributed by atoms with van der Waals surface area (Å²) in [6.07, 6.45) is 0. The van der Waals surface area contributed by atoms with E-state index in [-0.39, 0.29) is 34.7 Å². The Bertz CT molecular complexity index is 713. The first kappa shape index (κ1) is 16.9. The first-order chi connectivity index (χ1) is 10.9. The third kappa shape index (κ3) is 4.26. The number of carbonyl (C=O) groups excluding carboxylic acids is 2. The molecule has 2 rings (SSSR count). The Hall–Kier alpha value is -2.48. The van der Waals surface area contributed by atoms with E-state index in [1.165, 1.54) is 12.1 Å². The van der Waals surface area contributed by atoms with Gasteiger partial charge in [0.15, 0.2) is 5.69 Å². The maximum Gasteiger partial charge on any atom is 0.273 e. The fraction of sp³-hybridized carbons (Fsp3) is 0.267. The molecule has 0 bridgehead atoms. The monoisotopic (exact) mass is 336 g/mol. The van der Waals surface area contributed by atoms with Crippen LogP contribution in [0, 0.1) is 5.82 Å². The molecule has 2 amide bonds. The molecular weight excluding hydrogens is 319 g/mol. The minimum atomic E-state index is -0.423. The van der Waals surface area contributed by atoms with Crippen molar-refractivity contribution >= 4 is 29.0 Å². The Balaban J connectivity index is 2.04. The molecule has 1 heterocycles. The van der Waals surface area contributed by atoms with Gasteiger partial charge in [0.05, 0.1) is 5.69 Å². The molecule has 122 valence electrons. The summed E-state index contributed by atoms with van der Waals surface area (Å²) >= 11 is 0.869. The second-order valence-corrected chi connectivity index (χ2v) is 5.98. The maximum atomic E-state index is 12.8. The van der Waals surface area contributed by atoms with Crippen LogP contribution in [0.15, 0.2) is 24.3 Å². The Morgan fingerprint density at radius 3 is 2.52 bits per heavy atom. The van der Waals surface area contributed by atoms with Crippen molar-refractivity contribution in [2.24, 2.45) is 0 Å². The zero-order valence-electron chi connectivity index (χ0n) is 12.7. The molecule has 6 nitrogen and oxygen atoms in total. The van der Waals surface area contributed by atoms with Crippen molar-refractivity contribution in [3.63, 3.8) is 0 Å². The fourth-order valence-corrected chi connectivity index (χ4v) is 2.53. The van der Waals surface area contributed by atoms with Crippen molar-refractivity contribution in [1.29, 1.82) is 0 Å². The van der Waals surface area contributed by atoms with Crippen LogP contribution in [0.1, 0.15) is 39.6 Å². The van der Waals surface area contributed by atoms with Crippen LogP contribution in [0.3, 0.4) is 0 Å². The Morgan fingerprint density at radius 2 is 1.91 bits per heavy atom. The molecule has 0 spiro atoms. The molecule has 1 aromatic carbocycles. The molecule has 23 heavy (non-hydrogen) atoms. The van der Waals surface area contributed by atoms with Crippen LogP contribution in [0.5, 0.6) is 0 Å². The summed E-state index contributed by atoms with van der Waals surface area (Å²) in [5.74, 6) is -1.17. The summed E-state index contributed by atoms with van der Waals surface area (Å²) in [5, 5.41) is 5.34.